The van der Waals surface area contributed by atoms with Crippen molar-refractivity contribution in [1.82, 2.24) is 4.90 Å². The van der Waals surface area contributed by atoms with E-state index in [4.69, 9.17) is 14.2 Å². The fourth-order valence-electron chi connectivity index (χ4n) is 3.41. The second-order valence-corrected chi connectivity index (χ2v) is 5.60. The summed E-state index contributed by atoms with van der Waals surface area (Å²) in [5.41, 5.74) is 0.415. The summed E-state index contributed by atoms with van der Waals surface area (Å²) in [4.78, 5) is 14.6. The van der Waals surface area contributed by atoms with Crippen molar-refractivity contribution in [2.45, 2.75) is 31.1 Å². The number of rotatable bonds is 3. The average Bonchev–Trinajstić information content (AvgIpc) is 2.82. The molecule has 1 aromatic carbocycles. The number of ether oxygens (including phenoxy) is 3. The molecule has 1 saturated carbocycles. The van der Waals surface area contributed by atoms with Crippen molar-refractivity contribution in [3.05, 3.63) is 29.6 Å². The molecule has 1 saturated heterocycles. The van der Waals surface area contributed by atoms with Gasteiger partial charge in [-0.15, -0.1) is 0 Å². The number of fused-ring (bicyclic) bond motifs is 2. The Hall–Kier alpha value is -1.66. The molecule has 0 radical (unpaired) electrons. The summed E-state index contributed by atoms with van der Waals surface area (Å²) in [5, 5.41) is 0. The lowest BCUT2D eigenvalue weighted by Crippen LogP contribution is -2.46. The summed E-state index contributed by atoms with van der Waals surface area (Å²) in [6.07, 6.45) is 1.69. The van der Waals surface area contributed by atoms with Gasteiger partial charge < -0.3 is 19.1 Å². The predicted molar refractivity (Wildman–Crippen MR) is 77.5 cm³/mol. The maximum absolute atomic E-state index is 13.5. The van der Waals surface area contributed by atoms with E-state index in [1.54, 1.807) is 12.0 Å². The minimum atomic E-state index is -0.478. The molecule has 120 valence electrons. The van der Waals surface area contributed by atoms with Gasteiger partial charge in [-0.1, -0.05) is 0 Å². The predicted octanol–water partition coefficient (Wildman–Crippen LogP) is 1.85. The van der Waals surface area contributed by atoms with Crippen molar-refractivity contribution in [3.8, 4) is 5.75 Å². The molecule has 1 amide bonds. The van der Waals surface area contributed by atoms with Crippen LogP contribution in [0.15, 0.2) is 18.2 Å². The van der Waals surface area contributed by atoms with E-state index in [1.165, 1.54) is 25.3 Å². The first-order valence-electron chi connectivity index (χ1n) is 7.44. The number of hydrogen-bond acceptors (Lipinski definition) is 4. The summed E-state index contributed by atoms with van der Waals surface area (Å²) in [7, 11) is 3.03. The van der Waals surface area contributed by atoms with E-state index in [2.05, 4.69) is 0 Å². The number of methoxy groups -OCH3 is 2. The Labute approximate surface area is 128 Å². The van der Waals surface area contributed by atoms with Crippen LogP contribution < -0.4 is 4.74 Å². The molecule has 2 aliphatic rings. The fraction of sp³-hybridized carbons (Fsp3) is 0.562. The van der Waals surface area contributed by atoms with Crippen molar-refractivity contribution in [3.63, 3.8) is 0 Å². The Bertz CT molecular complexity index is 565. The molecule has 2 fully saturated rings. The Morgan fingerprint density at radius 1 is 1.36 bits per heavy atom. The zero-order chi connectivity index (χ0) is 15.7. The Morgan fingerprint density at radius 2 is 2.18 bits per heavy atom. The highest BCUT2D eigenvalue weighted by atomic mass is 19.1. The highest BCUT2D eigenvalue weighted by Gasteiger charge is 2.44. The molecular formula is C16H20FNO4. The number of amides is 1. The lowest BCUT2D eigenvalue weighted by atomic mass is 10.1. The standard InChI is InChI=1S/C16H20FNO4/c1-20-14-9-10(3-4-11(14)17)16(19)18-7-8-22-13-6-5-12(18)15(13)21-2/h3-4,9,12-13,15H,5-8H2,1-2H3. The highest BCUT2D eigenvalue weighted by Crippen LogP contribution is 2.32. The van der Waals surface area contributed by atoms with Gasteiger partial charge in [-0.2, -0.15) is 0 Å². The summed E-state index contributed by atoms with van der Waals surface area (Å²) < 4.78 is 29.8. The minimum absolute atomic E-state index is 0.000970. The molecular weight excluding hydrogens is 289 g/mol. The molecule has 3 rings (SSSR count). The van der Waals surface area contributed by atoms with Gasteiger partial charge in [0.1, 0.15) is 6.10 Å². The molecule has 6 heteroatoms. The molecule has 0 aromatic heterocycles. The summed E-state index contributed by atoms with van der Waals surface area (Å²) in [6, 6.07) is 4.18. The van der Waals surface area contributed by atoms with Crippen molar-refractivity contribution < 1.29 is 23.4 Å². The maximum atomic E-state index is 13.5. The molecule has 0 spiro atoms. The van der Waals surface area contributed by atoms with Crippen LogP contribution in [0.5, 0.6) is 5.75 Å². The summed E-state index contributed by atoms with van der Waals surface area (Å²) >= 11 is 0. The zero-order valence-electron chi connectivity index (χ0n) is 12.8. The van der Waals surface area contributed by atoms with Crippen molar-refractivity contribution >= 4 is 5.91 Å². The number of carbonyl (C=O) groups is 1. The zero-order valence-corrected chi connectivity index (χ0v) is 12.8. The molecule has 2 bridgehead atoms. The Kier molecular flexibility index (Phi) is 4.31. The van der Waals surface area contributed by atoms with Crippen LogP contribution in [0.1, 0.15) is 23.2 Å². The van der Waals surface area contributed by atoms with Crippen LogP contribution in [0.4, 0.5) is 4.39 Å². The van der Waals surface area contributed by atoms with Crippen molar-refractivity contribution in [1.29, 1.82) is 0 Å². The molecule has 1 heterocycles. The summed E-state index contributed by atoms with van der Waals surface area (Å²) in [5.74, 6) is -0.546. The van der Waals surface area contributed by atoms with Crippen LogP contribution in [-0.4, -0.2) is 56.4 Å². The van der Waals surface area contributed by atoms with Gasteiger partial charge in [-0.25, -0.2) is 4.39 Å². The largest absolute Gasteiger partial charge is 0.494 e. The molecule has 1 aliphatic carbocycles. The fourth-order valence-corrected chi connectivity index (χ4v) is 3.41. The molecule has 5 nitrogen and oxygen atoms in total. The van der Waals surface area contributed by atoms with E-state index in [-0.39, 0.29) is 29.9 Å². The van der Waals surface area contributed by atoms with Gasteiger partial charge in [-0.05, 0) is 31.0 Å². The third kappa shape index (κ3) is 2.57. The monoisotopic (exact) mass is 309 g/mol. The maximum Gasteiger partial charge on any atom is 0.254 e. The number of nitrogens with zero attached hydrogens (tertiary/aromatic N) is 1. The average molecular weight is 309 g/mol. The molecule has 1 aliphatic heterocycles. The topological polar surface area (TPSA) is 48.0 Å². The number of halogens is 1. The first-order chi connectivity index (χ1) is 10.7. The summed E-state index contributed by atoms with van der Waals surface area (Å²) in [6.45, 7) is 1.00. The number of benzene rings is 1. The third-order valence-electron chi connectivity index (χ3n) is 4.49. The second kappa shape index (κ2) is 6.22. The molecule has 3 atom stereocenters. The second-order valence-electron chi connectivity index (χ2n) is 5.60. The Morgan fingerprint density at radius 3 is 2.91 bits per heavy atom. The van der Waals surface area contributed by atoms with E-state index < -0.39 is 5.82 Å². The van der Waals surface area contributed by atoms with Gasteiger partial charge in [0.05, 0.1) is 25.9 Å². The van der Waals surface area contributed by atoms with Crippen LogP contribution >= 0.6 is 0 Å². The normalized spacial score (nSPS) is 27.6. The Balaban J connectivity index is 1.87. The SMILES string of the molecule is COc1cc(C(=O)N2CCOC3CCC2C3OC)ccc1F. The molecule has 0 N–H and O–H groups in total. The molecule has 22 heavy (non-hydrogen) atoms. The van der Waals surface area contributed by atoms with Crippen LogP contribution in [0.25, 0.3) is 0 Å². The van der Waals surface area contributed by atoms with E-state index in [0.717, 1.165) is 12.8 Å². The van der Waals surface area contributed by atoms with Gasteiger partial charge in [0.15, 0.2) is 11.6 Å². The minimum Gasteiger partial charge on any atom is -0.494 e. The van der Waals surface area contributed by atoms with Crippen LogP contribution in [0.2, 0.25) is 0 Å². The van der Waals surface area contributed by atoms with Gasteiger partial charge in [0, 0.05) is 19.2 Å². The van der Waals surface area contributed by atoms with E-state index >= 15 is 0 Å². The van der Waals surface area contributed by atoms with E-state index in [0.29, 0.717) is 18.7 Å². The van der Waals surface area contributed by atoms with Gasteiger partial charge in [0.25, 0.3) is 5.91 Å². The van der Waals surface area contributed by atoms with E-state index in [1.807, 2.05) is 0 Å². The van der Waals surface area contributed by atoms with Gasteiger partial charge >= 0.3 is 0 Å². The third-order valence-corrected chi connectivity index (χ3v) is 4.49. The van der Waals surface area contributed by atoms with Gasteiger partial charge in [-0.3, -0.25) is 4.79 Å². The lowest BCUT2D eigenvalue weighted by molar-refractivity contribution is -0.0316. The van der Waals surface area contributed by atoms with E-state index in [9.17, 15) is 9.18 Å². The van der Waals surface area contributed by atoms with Crippen LogP contribution in [0.3, 0.4) is 0 Å². The molecule has 3 unspecified atom stereocenters. The van der Waals surface area contributed by atoms with Crippen LogP contribution in [0, 0.1) is 5.82 Å². The smallest absolute Gasteiger partial charge is 0.254 e. The lowest BCUT2D eigenvalue weighted by Gasteiger charge is -2.30. The first-order valence-corrected chi connectivity index (χ1v) is 7.44. The van der Waals surface area contributed by atoms with Crippen molar-refractivity contribution in [2.75, 3.05) is 27.4 Å². The highest BCUT2D eigenvalue weighted by molar-refractivity contribution is 5.95. The molecule has 1 aromatic rings. The quantitative estimate of drug-likeness (QED) is 0.855. The number of hydrogen-bond donors (Lipinski definition) is 0. The van der Waals surface area contributed by atoms with Crippen molar-refractivity contribution in [2.24, 2.45) is 0 Å². The van der Waals surface area contributed by atoms with Gasteiger partial charge in [0.2, 0.25) is 0 Å². The number of carbonyl (C=O) groups excluding carboxylic acids is 1. The van der Waals surface area contributed by atoms with Crippen LogP contribution in [-0.2, 0) is 9.47 Å². The first kappa shape index (κ1) is 15.2.